The quantitative estimate of drug-likeness (QED) is 0.664. The Morgan fingerprint density at radius 3 is 2.12 bits per heavy atom. The average Bonchev–Trinajstić information content (AvgIpc) is 2.45. The molecule has 0 saturated heterocycles. The number of phenolic OH excluding ortho intramolecular Hbond substituents is 1. The third-order valence-electron chi connectivity index (χ3n) is 3.25. The van der Waals surface area contributed by atoms with Crippen LogP contribution in [0.2, 0.25) is 0 Å². The van der Waals surface area contributed by atoms with Crippen molar-refractivity contribution in [2.24, 2.45) is 5.92 Å². The van der Waals surface area contributed by atoms with Gasteiger partial charge in [-0.15, -0.1) is 0 Å². The summed E-state index contributed by atoms with van der Waals surface area (Å²) in [6.07, 6.45) is -1.43. The van der Waals surface area contributed by atoms with E-state index in [1.807, 2.05) is 0 Å². The fraction of sp³-hybridized carbons (Fsp3) is 0.471. The second kappa shape index (κ2) is 8.36. The monoisotopic (exact) mass is 351 g/mol. The van der Waals surface area contributed by atoms with Gasteiger partial charge in [-0.1, -0.05) is 12.1 Å². The zero-order valence-electron chi connectivity index (χ0n) is 14.3. The molecule has 0 heterocycles. The van der Waals surface area contributed by atoms with Crippen LogP contribution < -0.4 is 15.5 Å². The molecule has 0 fully saturated rings. The number of phenols is 1. The Hall–Kier alpha value is -2.77. The minimum atomic E-state index is -1.62. The van der Waals surface area contributed by atoms with Crippen LogP contribution in [0.15, 0.2) is 24.3 Å². The Morgan fingerprint density at radius 1 is 1.12 bits per heavy atom. The summed E-state index contributed by atoms with van der Waals surface area (Å²) in [6.45, 7) is 4.82. The van der Waals surface area contributed by atoms with Crippen LogP contribution in [0.5, 0.6) is 5.75 Å². The van der Waals surface area contributed by atoms with Gasteiger partial charge in [0, 0.05) is 11.9 Å². The topological polar surface area (TPSA) is 139 Å². The highest BCUT2D eigenvalue weighted by molar-refractivity contribution is 5.79. The Bertz CT molecular complexity index is 619. The van der Waals surface area contributed by atoms with E-state index in [2.05, 4.69) is 5.32 Å². The first-order chi connectivity index (χ1) is 11.5. The fourth-order valence-corrected chi connectivity index (χ4v) is 2.13. The van der Waals surface area contributed by atoms with Gasteiger partial charge in [-0.2, -0.15) is 0 Å². The van der Waals surface area contributed by atoms with E-state index in [9.17, 15) is 29.7 Å². The highest BCUT2D eigenvalue weighted by Gasteiger charge is 2.24. The maximum atomic E-state index is 11.7. The molecule has 0 aliphatic rings. The summed E-state index contributed by atoms with van der Waals surface area (Å²) in [4.78, 5) is 34.3. The van der Waals surface area contributed by atoms with E-state index in [1.165, 1.54) is 24.3 Å². The lowest BCUT2D eigenvalue weighted by Gasteiger charge is -2.27. The first-order valence-electron chi connectivity index (χ1n) is 7.67. The SMILES string of the molecule is CC(C)(C)OC(=O)N[C@@H](C[C@H](Cc1ccc(O)cc1)C(=O)[O-])C(=O)[O-]. The van der Waals surface area contributed by atoms with Crippen molar-refractivity contribution >= 4 is 18.0 Å². The molecule has 1 amide bonds. The van der Waals surface area contributed by atoms with E-state index in [0.29, 0.717) is 5.56 Å². The molecule has 0 aliphatic carbocycles. The second-order valence-corrected chi connectivity index (χ2v) is 6.64. The summed E-state index contributed by atoms with van der Waals surface area (Å²) in [5, 5.41) is 33.9. The van der Waals surface area contributed by atoms with Crippen molar-refractivity contribution in [1.29, 1.82) is 0 Å². The zero-order valence-corrected chi connectivity index (χ0v) is 14.3. The number of carbonyl (C=O) groups excluding carboxylic acids is 3. The summed E-state index contributed by atoms with van der Waals surface area (Å²) < 4.78 is 4.96. The number of carboxylic acid groups (broad SMARTS) is 2. The summed E-state index contributed by atoms with van der Waals surface area (Å²) in [5.74, 6) is -4.23. The van der Waals surface area contributed by atoms with Crippen molar-refractivity contribution in [1.82, 2.24) is 5.32 Å². The standard InChI is InChI=1S/C17H23NO7/c1-17(2,3)25-16(24)18-13(15(22)23)9-11(14(20)21)8-10-4-6-12(19)7-5-10/h4-7,11,13,19H,8-9H2,1-3H3,(H,18,24)(H,20,21)(H,22,23)/p-2/t11-,13-/m0/s1. The summed E-state index contributed by atoms with van der Waals surface area (Å²) in [5.41, 5.74) is -0.262. The van der Waals surface area contributed by atoms with Gasteiger partial charge in [0.2, 0.25) is 0 Å². The smallest absolute Gasteiger partial charge is 0.408 e. The van der Waals surface area contributed by atoms with Crippen LogP contribution in [0.25, 0.3) is 0 Å². The van der Waals surface area contributed by atoms with E-state index in [-0.39, 0.29) is 12.2 Å². The predicted octanol–water partition coefficient (Wildman–Crippen LogP) is -0.666. The fourth-order valence-electron chi connectivity index (χ4n) is 2.13. The van der Waals surface area contributed by atoms with Gasteiger partial charge in [0.1, 0.15) is 11.4 Å². The third kappa shape index (κ3) is 7.56. The lowest BCUT2D eigenvalue weighted by molar-refractivity contribution is -0.314. The molecule has 1 rings (SSSR count). The van der Waals surface area contributed by atoms with Gasteiger partial charge in [-0.05, 0) is 51.3 Å². The molecule has 25 heavy (non-hydrogen) atoms. The Morgan fingerprint density at radius 2 is 1.68 bits per heavy atom. The van der Waals surface area contributed by atoms with Gasteiger partial charge in [-0.3, -0.25) is 0 Å². The van der Waals surface area contributed by atoms with Gasteiger partial charge < -0.3 is 35.0 Å². The van der Waals surface area contributed by atoms with E-state index >= 15 is 0 Å². The van der Waals surface area contributed by atoms with E-state index in [0.717, 1.165) is 0 Å². The van der Waals surface area contributed by atoms with Crippen LogP contribution in [-0.2, 0) is 20.7 Å². The molecular formula is C17H21NO7-2. The lowest BCUT2D eigenvalue weighted by Crippen LogP contribution is -2.51. The van der Waals surface area contributed by atoms with Crippen LogP contribution in [0.1, 0.15) is 32.8 Å². The number of carboxylic acids is 2. The summed E-state index contributed by atoms with van der Waals surface area (Å²) >= 11 is 0. The maximum Gasteiger partial charge on any atom is 0.408 e. The van der Waals surface area contributed by atoms with Crippen LogP contribution >= 0.6 is 0 Å². The van der Waals surface area contributed by atoms with Gasteiger partial charge in [0.25, 0.3) is 0 Å². The van der Waals surface area contributed by atoms with Crippen LogP contribution in [0.3, 0.4) is 0 Å². The lowest BCUT2D eigenvalue weighted by atomic mass is 9.92. The molecule has 2 N–H and O–H groups in total. The normalized spacial score (nSPS) is 13.6. The molecule has 0 spiro atoms. The number of nitrogens with one attached hydrogen (secondary N) is 1. The molecule has 1 aromatic carbocycles. The maximum absolute atomic E-state index is 11.7. The molecular weight excluding hydrogens is 330 g/mol. The molecule has 0 bridgehead atoms. The van der Waals surface area contributed by atoms with Crippen molar-refractivity contribution in [3.63, 3.8) is 0 Å². The Kier molecular flexibility index (Phi) is 6.78. The third-order valence-corrected chi connectivity index (χ3v) is 3.25. The molecule has 2 atom stereocenters. The number of aliphatic carboxylic acids is 2. The summed E-state index contributed by atoms with van der Waals surface area (Å²) in [6, 6.07) is 4.25. The van der Waals surface area contributed by atoms with Crippen LogP contribution in [0, 0.1) is 5.92 Å². The minimum Gasteiger partial charge on any atom is -0.550 e. The number of amides is 1. The molecule has 0 saturated carbocycles. The Labute approximate surface area is 145 Å². The minimum absolute atomic E-state index is 0.0213. The van der Waals surface area contributed by atoms with Gasteiger partial charge in [0.05, 0.1) is 12.0 Å². The molecule has 138 valence electrons. The van der Waals surface area contributed by atoms with Gasteiger partial charge in [0.15, 0.2) is 0 Å². The average molecular weight is 351 g/mol. The molecule has 8 nitrogen and oxygen atoms in total. The van der Waals surface area contributed by atoms with Crippen molar-refractivity contribution in [2.75, 3.05) is 0 Å². The number of ether oxygens (including phenoxy) is 1. The molecule has 0 aliphatic heterocycles. The van der Waals surface area contributed by atoms with E-state index in [4.69, 9.17) is 4.74 Å². The first kappa shape index (κ1) is 20.3. The molecule has 1 aromatic rings. The number of hydrogen-bond donors (Lipinski definition) is 2. The van der Waals surface area contributed by atoms with Crippen LogP contribution in [0.4, 0.5) is 4.79 Å². The predicted molar refractivity (Wildman–Crippen MR) is 83.1 cm³/mol. The molecule has 8 heteroatoms. The van der Waals surface area contributed by atoms with Crippen LogP contribution in [-0.4, -0.2) is 34.8 Å². The largest absolute Gasteiger partial charge is 0.550 e. The molecule has 0 aromatic heterocycles. The van der Waals surface area contributed by atoms with Gasteiger partial charge in [-0.25, -0.2) is 4.79 Å². The molecule has 0 unspecified atom stereocenters. The van der Waals surface area contributed by atoms with Crippen molar-refractivity contribution in [3.05, 3.63) is 29.8 Å². The highest BCUT2D eigenvalue weighted by atomic mass is 16.6. The van der Waals surface area contributed by atoms with E-state index in [1.54, 1.807) is 20.8 Å². The van der Waals surface area contributed by atoms with E-state index < -0.39 is 42.0 Å². The Balaban J connectivity index is 2.80. The number of alkyl carbamates (subject to hydrolysis) is 1. The summed E-state index contributed by atoms with van der Waals surface area (Å²) in [7, 11) is 0. The number of rotatable bonds is 7. The number of benzene rings is 1. The van der Waals surface area contributed by atoms with Crippen molar-refractivity contribution in [3.8, 4) is 5.75 Å². The first-order valence-corrected chi connectivity index (χ1v) is 7.67. The molecule has 0 radical (unpaired) electrons. The second-order valence-electron chi connectivity index (χ2n) is 6.64. The number of carbonyl (C=O) groups is 3. The highest BCUT2D eigenvalue weighted by Crippen LogP contribution is 2.17. The van der Waals surface area contributed by atoms with Gasteiger partial charge >= 0.3 is 6.09 Å². The zero-order chi connectivity index (χ0) is 19.2. The van der Waals surface area contributed by atoms with Crippen molar-refractivity contribution in [2.45, 2.75) is 45.3 Å². The van der Waals surface area contributed by atoms with Crippen molar-refractivity contribution < 1.29 is 34.4 Å². The number of hydrogen-bond acceptors (Lipinski definition) is 7. The number of aromatic hydroxyl groups is 1.